The van der Waals surface area contributed by atoms with Gasteiger partial charge in [-0.05, 0) is 30.4 Å². The first-order chi connectivity index (χ1) is 5.88. The van der Waals surface area contributed by atoms with E-state index in [-0.39, 0.29) is 0 Å². The number of rotatable bonds is 1. The largest absolute Gasteiger partial charge is 0.369 e. The van der Waals surface area contributed by atoms with Gasteiger partial charge in [-0.1, -0.05) is 0 Å². The minimum atomic E-state index is 0.972. The predicted octanol–water partition coefficient (Wildman–Crippen LogP) is 1.80. The van der Waals surface area contributed by atoms with Crippen LogP contribution in [0.5, 0.6) is 0 Å². The van der Waals surface area contributed by atoms with E-state index in [2.05, 4.69) is 28.7 Å². The Hall–Kier alpha value is -0.830. The standard InChI is InChI=1S/C9H12N2S/c1-7-3-6-12-8(7)9-10-4-2-5-11-9/h3,6H,2,4-5H2,1H3,(H,10,11). The van der Waals surface area contributed by atoms with E-state index in [1.807, 2.05) is 0 Å². The van der Waals surface area contributed by atoms with Crippen LogP contribution >= 0.6 is 11.3 Å². The number of nitrogens with one attached hydrogen (secondary N) is 1. The van der Waals surface area contributed by atoms with Gasteiger partial charge in [-0.2, -0.15) is 0 Å². The van der Waals surface area contributed by atoms with E-state index in [0.29, 0.717) is 0 Å². The molecule has 0 fully saturated rings. The first-order valence-electron chi connectivity index (χ1n) is 4.21. The average Bonchev–Trinajstić information content (AvgIpc) is 2.53. The van der Waals surface area contributed by atoms with Crippen LogP contribution in [0.4, 0.5) is 0 Å². The highest BCUT2D eigenvalue weighted by atomic mass is 32.1. The van der Waals surface area contributed by atoms with E-state index >= 15 is 0 Å². The zero-order valence-electron chi connectivity index (χ0n) is 7.13. The third-order valence-corrected chi connectivity index (χ3v) is 3.00. The monoisotopic (exact) mass is 180 g/mol. The molecule has 2 rings (SSSR count). The third kappa shape index (κ3) is 1.37. The molecule has 12 heavy (non-hydrogen) atoms. The van der Waals surface area contributed by atoms with Gasteiger partial charge in [0.25, 0.3) is 0 Å². The average molecular weight is 180 g/mol. The van der Waals surface area contributed by atoms with Gasteiger partial charge in [-0.25, -0.2) is 0 Å². The molecule has 0 aromatic carbocycles. The smallest absolute Gasteiger partial charge is 0.138 e. The number of amidine groups is 1. The lowest BCUT2D eigenvalue weighted by molar-refractivity contribution is 0.743. The molecule has 3 heteroatoms. The first-order valence-corrected chi connectivity index (χ1v) is 5.08. The molecule has 64 valence electrons. The van der Waals surface area contributed by atoms with Gasteiger partial charge >= 0.3 is 0 Å². The fourth-order valence-corrected chi connectivity index (χ4v) is 2.21. The van der Waals surface area contributed by atoms with Crippen molar-refractivity contribution in [3.8, 4) is 0 Å². The Morgan fingerprint density at radius 2 is 2.50 bits per heavy atom. The van der Waals surface area contributed by atoms with Gasteiger partial charge in [0.15, 0.2) is 0 Å². The molecule has 0 spiro atoms. The zero-order valence-corrected chi connectivity index (χ0v) is 7.95. The molecular weight excluding hydrogens is 168 g/mol. The molecule has 0 amide bonds. The molecule has 1 N–H and O–H groups in total. The molecule has 1 aliphatic heterocycles. The quantitative estimate of drug-likeness (QED) is 0.700. The zero-order chi connectivity index (χ0) is 8.39. The summed E-state index contributed by atoms with van der Waals surface area (Å²) in [5.41, 5.74) is 1.33. The molecule has 0 radical (unpaired) electrons. The summed E-state index contributed by atoms with van der Waals surface area (Å²) in [4.78, 5) is 5.75. The fourth-order valence-electron chi connectivity index (χ4n) is 1.30. The maximum Gasteiger partial charge on any atom is 0.138 e. The minimum Gasteiger partial charge on any atom is -0.369 e. The number of thiophene rings is 1. The van der Waals surface area contributed by atoms with Crippen molar-refractivity contribution in [1.29, 1.82) is 0 Å². The molecule has 2 heterocycles. The van der Waals surface area contributed by atoms with Gasteiger partial charge in [-0.15, -0.1) is 11.3 Å². The summed E-state index contributed by atoms with van der Waals surface area (Å²) >= 11 is 1.76. The van der Waals surface area contributed by atoms with Crippen LogP contribution in [-0.2, 0) is 0 Å². The normalized spacial score (nSPS) is 16.9. The molecule has 0 bridgehead atoms. The minimum absolute atomic E-state index is 0.972. The van der Waals surface area contributed by atoms with Crippen LogP contribution in [0, 0.1) is 6.92 Å². The van der Waals surface area contributed by atoms with Crippen molar-refractivity contribution in [2.24, 2.45) is 4.99 Å². The van der Waals surface area contributed by atoms with E-state index in [1.165, 1.54) is 10.4 Å². The Morgan fingerprint density at radius 1 is 1.58 bits per heavy atom. The first kappa shape index (κ1) is 7.80. The molecule has 0 saturated heterocycles. The van der Waals surface area contributed by atoms with Gasteiger partial charge in [0.1, 0.15) is 5.84 Å². The van der Waals surface area contributed by atoms with Crippen molar-refractivity contribution in [2.75, 3.05) is 13.1 Å². The summed E-state index contributed by atoms with van der Waals surface area (Å²) in [6.45, 7) is 4.17. The summed E-state index contributed by atoms with van der Waals surface area (Å²) in [6.07, 6.45) is 1.16. The van der Waals surface area contributed by atoms with Crippen molar-refractivity contribution in [3.63, 3.8) is 0 Å². The van der Waals surface area contributed by atoms with Gasteiger partial charge in [0.05, 0.1) is 4.88 Å². The second-order valence-electron chi connectivity index (χ2n) is 2.94. The lowest BCUT2D eigenvalue weighted by Gasteiger charge is -2.13. The highest BCUT2D eigenvalue weighted by Crippen LogP contribution is 2.16. The maximum atomic E-state index is 4.45. The number of hydrogen-bond acceptors (Lipinski definition) is 3. The Morgan fingerprint density at radius 3 is 3.08 bits per heavy atom. The molecule has 0 unspecified atom stereocenters. The van der Waals surface area contributed by atoms with Gasteiger partial charge in [0, 0.05) is 13.1 Å². The Balaban J connectivity index is 2.29. The van der Waals surface area contributed by atoms with Crippen molar-refractivity contribution < 1.29 is 0 Å². The summed E-state index contributed by atoms with van der Waals surface area (Å²) in [6, 6.07) is 2.14. The molecule has 0 aliphatic carbocycles. The van der Waals surface area contributed by atoms with Gasteiger partial charge in [-0.3, -0.25) is 4.99 Å². The molecule has 0 saturated carbocycles. The van der Waals surface area contributed by atoms with Crippen LogP contribution in [-0.4, -0.2) is 18.9 Å². The molecule has 1 aromatic heterocycles. The van der Waals surface area contributed by atoms with Crippen LogP contribution in [0.15, 0.2) is 16.4 Å². The second-order valence-corrected chi connectivity index (χ2v) is 3.86. The Bertz CT molecular complexity index is 301. The van der Waals surface area contributed by atoms with Crippen LogP contribution in [0.1, 0.15) is 16.9 Å². The van der Waals surface area contributed by atoms with Crippen molar-refractivity contribution in [1.82, 2.24) is 5.32 Å². The van der Waals surface area contributed by atoms with Crippen LogP contribution in [0.2, 0.25) is 0 Å². The molecule has 2 nitrogen and oxygen atoms in total. The molecule has 1 aliphatic rings. The summed E-state index contributed by atoms with van der Waals surface area (Å²) in [5.74, 6) is 1.09. The molecule has 1 aromatic rings. The fraction of sp³-hybridized carbons (Fsp3) is 0.444. The van der Waals surface area contributed by atoms with Crippen LogP contribution < -0.4 is 5.32 Å². The van der Waals surface area contributed by atoms with Crippen molar-refractivity contribution in [3.05, 3.63) is 21.9 Å². The maximum absolute atomic E-state index is 4.45. The highest BCUT2D eigenvalue weighted by Gasteiger charge is 2.09. The van der Waals surface area contributed by atoms with Gasteiger partial charge < -0.3 is 5.32 Å². The topological polar surface area (TPSA) is 24.4 Å². The Labute approximate surface area is 76.3 Å². The molecular formula is C9H12N2S. The number of nitrogens with zero attached hydrogens (tertiary/aromatic N) is 1. The summed E-state index contributed by atoms with van der Waals surface area (Å²) < 4.78 is 0. The number of aliphatic imine (C=N–C) groups is 1. The summed E-state index contributed by atoms with van der Waals surface area (Å²) in [7, 11) is 0. The number of aryl methyl sites for hydroxylation is 1. The highest BCUT2D eigenvalue weighted by molar-refractivity contribution is 7.12. The lowest BCUT2D eigenvalue weighted by atomic mass is 10.2. The summed E-state index contributed by atoms with van der Waals surface area (Å²) in [5, 5.41) is 5.44. The SMILES string of the molecule is Cc1ccsc1C1=NCCCN1. The van der Waals surface area contributed by atoms with E-state index in [0.717, 1.165) is 25.3 Å². The van der Waals surface area contributed by atoms with E-state index in [9.17, 15) is 0 Å². The van der Waals surface area contributed by atoms with Crippen molar-refractivity contribution >= 4 is 17.2 Å². The Kier molecular flexibility index (Phi) is 2.13. The third-order valence-electron chi connectivity index (χ3n) is 1.97. The van der Waals surface area contributed by atoms with E-state index in [4.69, 9.17) is 0 Å². The van der Waals surface area contributed by atoms with Crippen LogP contribution in [0.25, 0.3) is 0 Å². The number of hydrogen-bond donors (Lipinski definition) is 1. The lowest BCUT2D eigenvalue weighted by Crippen LogP contribution is -2.29. The second kappa shape index (κ2) is 3.27. The van der Waals surface area contributed by atoms with E-state index in [1.54, 1.807) is 11.3 Å². The predicted molar refractivity (Wildman–Crippen MR) is 53.1 cm³/mol. The van der Waals surface area contributed by atoms with Crippen LogP contribution in [0.3, 0.4) is 0 Å². The van der Waals surface area contributed by atoms with Gasteiger partial charge in [0.2, 0.25) is 0 Å². The van der Waals surface area contributed by atoms with E-state index < -0.39 is 0 Å². The molecule has 0 atom stereocenters. The van der Waals surface area contributed by atoms with Crippen molar-refractivity contribution in [2.45, 2.75) is 13.3 Å².